The van der Waals surface area contributed by atoms with E-state index in [0.29, 0.717) is 32.7 Å². The van der Waals surface area contributed by atoms with Gasteiger partial charge in [-0.2, -0.15) is 0 Å². The quantitative estimate of drug-likeness (QED) is 0.711. The summed E-state index contributed by atoms with van der Waals surface area (Å²) in [4.78, 5) is 15.9. The van der Waals surface area contributed by atoms with Gasteiger partial charge in [0.2, 0.25) is 5.91 Å². The summed E-state index contributed by atoms with van der Waals surface area (Å²) < 4.78 is 5.44. The van der Waals surface area contributed by atoms with Crippen molar-refractivity contribution in [2.75, 3.05) is 46.5 Å². The van der Waals surface area contributed by atoms with Crippen molar-refractivity contribution in [1.82, 2.24) is 9.80 Å². The van der Waals surface area contributed by atoms with Crippen LogP contribution in [0.5, 0.6) is 0 Å². The van der Waals surface area contributed by atoms with E-state index in [0.717, 1.165) is 13.0 Å². The van der Waals surface area contributed by atoms with Crippen LogP contribution in [0.15, 0.2) is 0 Å². The van der Waals surface area contributed by atoms with E-state index in [1.165, 1.54) is 0 Å². The molecule has 1 unspecified atom stereocenters. The van der Waals surface area contributed by atoms with E-state index in [1.807, 2.05) is 23.8 Å². The molecule has 1 amide bonds. The second kappa shape index (κ2) is 7.63. The molecule has 0 radical (unpaired) electrons. The second-order valence-electron chi connectivity index (χ2n) is 4.55. The molecule has 1 aliphatic heterocycles. The van der Waals surface area contributed by atoms with Crippen LogP contribution in [-0.4, -0.2) is 73.4 Å². The third-order valence-corrected chi connectivity index (χ3v) is 3.02. The molecule has 0 saturated carbocycles. The van der Waals surface area contributed by atoms with Crippen molar-refractivity contribution >= 4 is 5.91 Å². The van der Waals surface area contributed by atoms with Gasteiger partial charge in [-0.25, -0.2) is 0 Å². The highest BCUT2D eigenvalue weighted by atomic mass is 16.5. The molecule has 1 atom stereocenters. The highest BCUT2D eigenvalue weighted by Gasteiger charge is 2.27. The number of aliphatic hydroxyl groups excluding tert-OH is 1. The van der Waals surface area contributed by atoms with E-state index in [9.17, 15) is 4.79 Å². The SMILES string of the molecule is CCCC(=O)N1CCOCC1CN(C)CCO. The van der Waals surface area contributed by atoms with Gasteiger partial charge in [0.1, 0.15) is 0 Å². The number of carbonyl (C=O) groups excluding carboxylic acids is 1. The molecule has 0 bridgehead atoms. The van der Waals surface area contributed by atoms with Gasteiger partial charge in [-0.1, -0.05) is 6.92 Å². The van der Waals surface area contributed by atoms with Gasteiger partial charge in [0, 0.05) is 26.1 Å². The molecule has 0 aromatic carbocycles. The second-order valence-corrected chi connectivity index (χ2v) is 4.55. The van der Waals surface area contributed by atoms with E-state index in [-0.39, 0.29) is 18.6 Å². The number of nitrogens with zero attached hydrogens (tertiary/aromatic N) is 2. The third-order valence-electron chi connectivity index (χ3n) is 3.02. The van der Waals surface area contributed by atoms with Gasteiger partial charge in [-0.05, 0) is 13.5 Å². The Morgan fingerprint density at radius 3 is 3.00 bits per heavy atom. The molecule has 1 fully saturated rings. The van der Waals surface area contributed by atoms with E-state index < -0.39 is 0 Å². The normalized spacial score (nSPS) is 20.9. The summed E-state index contributed by atoms with van der Waals surface area (Å²) in [5, 5.41) is 8.87. The minimum Gasteiger partial charge on any atom is -0.395 e. The van der Waals surface area contributed by atoms with Crippen molar-refractivity contribution in [2.24, 2.45) is 0 Å². The van der Waals surface area contributed by atoms with Crippen LogP contribution in [0.1, 0.15) is 19.8 Å². The molecule has 1 N–H and O–H groups in total. The molecular formula is C12H24N2O3. The van der Waals surface area contributed by atoms with Gasteiger partial charge < -0.3 is 19.6 Å². The fourth-order valence-electron chi connectivity index (χ4n) is 2.11. The maximum atomic E-state index is 12.0. The Hall–Kier alpha value is -0.650. The number of hydrogen-bond donors (Lipinski definition) is 1. The molecule has 0 spiro atoms. The number of morpholine rings is 1. The minimum atomic E-state index is 0.124. The Morgan fingerprint density at radius 1 is 1.59 bits per heavy atom. The maximum absolute atomic E-state index is 12.0. The molecule has 0 aromatic rings. The predicted molar refractivity (Wildman–Crippen MR) is 65.8 cm³/mol. The molecule has 1 rings (SSSR count). The molecule has 17 heavy (non-hydrogen) atoms. The standard InChI is InChI=1S/C12H24N2O3/c1-3-4-12(16)14-6-8-17-10-11(14)9-13(2)5-7-15/h11,15H,3-10H2,1-2H3. The summed E-state index contributed by atoms with van der Waals surface area (Å²) in [6.45, 7) is 5.48. The summed E-state index contributed by atoms with van der Waals surface area (Å²) in [5.74, 6) is 0.221. The lowest BCUT2D eigenvalue weighted by atomic mass is 10.2. The first-order valence-corrected chi connectivity index (χ1v) is 6.35. The topological polar surface area (TPSA) is 53.0 Å². The van der Waals surface area contributed by atoms with Crippen LogP contribution in [0, 0.1) is 0 Å². The zero-order chi connectivity index (χ0) is 12.7. The Kier molecular flexibility index (Phi) is 6.47. The Bertz CT molecular complexity index is 236. The van der Waals surface area contributed by atoms with E-state index >= 15 is 0 Å². The zero-order valence-electron chi connectivity index (χ0n) is 10.9. The Morgan fingerprint density at radius 2 is 2.35 bits per heavy atom. The van der Waals surface area contributed by atoms with Gasteiger partial charge in [0.25, 0.3) is 0 Å². The average Bonchev–Trinajstić information content (AvgIpc) is 2.30. The Labute approximate surface area is 103 Å². The molecule has 100 valence electrons. The van der Waals surface area contributed by atoms with Gasteiger partial charge >= 0.3 is 0 Å². The average molecular weight is 244 g/mol. The fourth-order valence-corrected chi connectivity index (χ4v) is 2.11. The van der Waals surface area contributed by atoms with Crippen molar-refractivity contribution in [3.05, 3.63) is 0 Å². The van der Waals surface area contributed by atoms with Gasteiger partial charge in [0.15, 0.2) is 0 Å². The predicted octanol–water partition coefficient (Wildman–Crippen LogP) is -0.0620. The number of aliphatic hydroxyl groups is 1. The summed E-state index contributed by atoms with van der Waals surface area (Å²) in [6, 6.07) is 0.124. The largest absolute Gasteiger partial charge is 0.395 e. The molecule has 0 aliphatic carbocycles. The maximum Gasteiger partial charge on any atom is 0.223 e. The van der Waals surface area contributed by atoms with Crippen LogP contribution < -0.4 is 0 Å². The first-order chi connectivity index (χ1) is 8.19. The first-order valence-electron chi connectivity index (χ1n) is 6.35. The number of hydrogen-bond acceptors (Lipinski definition) is 4. The van der Waals surface area contributed by atoms with Crippen LogP contribution >= 0.6 is 0 Å². The number of likely N-dealkylation sites (N-methyl/N-ethyl adjacent to an activating group) is 1. The Balaban J connectivity index is 2.50. The van der Waals surface area contributed by atoms with Crippen LogP contribution in [0.2, 0.25) is 0 Å². The molecule has 5 heteroatoms. The van der Waals surface area contributed by atoms with Crippen LogP contribution in [-0.2, 0) is 9.53 Å². The number of carbonyl (C=O) groups is 1. The smallest absolute Gasteiger partial charge is 0.223 e. The number of ether oxygens (including phenoxy) is 1. The van der Waals surface area contributed by atoms with Crippen LogP contribution in [0.4, 0.5) is 0 Å². The van der Waals surface area contributed by atoms with Gasteiger partial charge in [-0.15, -0.1) is 0 Å². The lowest BCUT2D eigenvalue weighted by Crippen LogP contribution is -2.53. The molecule has 1 saturated heterocycles. The monoisotopic (exact) mass is 244 g/mol. The number of rotatable bonds is 6. The van der Waals surface area contributed by atoms with Crippen molar-refractivity contribution in [3.8, 4) is 0 Å². The van der Waals surface area contributed by atoms with E-state index in [1.54, 1.807) is 0 Å². The summed E-state index contributed by atoms with van der Waals surface area (Å²) in [7, 11) is 1.95. The first kappa shape index (κ1) is 14.4. The molecule has 0 aromatic heterocycles. The number of amides is 1. The highest BCUT2D eigenvalue weighted by molar-refractivity contribution is 5.76. The van der Waals surface area contributed by atoms with Crippen molar-refractivity contribution in [1.29, 1.82) is 0 Å². The molecular weight excluding hydrogens is 220 g/mol. The molecule has 1 heterocycles. The van der Waals surface area contributed by atoms with Gasteiger partial charge in [-0.3, -0.25) is 4.79 Å². The zero-order valence-corrected chi connectivity index (χ0v) is 10.9. The van der Waals surface area contributed by atoms with E-state index in [2.05, 4.69) is 0 Å². The summed E-state index contributed by atoms with van der Waals surface area (Å²) in [6.07, 6.45) is 1.50. The highest BCUT2D eigenvalue weighted by Crippen LogP contribution is 2.10. The van der Waals surface area contributed by atoms with Crippen molar-refractivity contribution in [3.63, 3.8) is 0 Å². The van der Waals surface area contributed by atoms with Gasteiger partial charge in [0.05, 0.1) is 25.9 Å². The van der Waals surface area contributed by atoms with Crippen molar-refractivity contribution in [2.45, 2.75) is 25.8 Å². The lowest BCUT2D eigenvalue weighted by Gasteiger charge is -2.37. The molecule has 5 nitrogen and oxygen atoms in total. The lowest BCUT2D eigenvalue weighted by molar-refractivity contribution is -0.140. The summed E-state index contributed by atoms with van der Waals surface area (Å²) >= 11 is 0. The summed E-state index contributed by atoms with van der Waals surface area (Å²) in [5.41, 5.74) is 0. The minimum absolute atomic E-state index is 0.124. The van der Waals surface area contributed by atoms with Crippen LogP contribution in [0.3, 0.4) is 0 Å². The van der Waals surface area contributed by atoms with Crippen molar-refractivity contribution < 1.29 is 14.6 Å². The van der Waals surface area contributed by atoms with Crippen LogP contribution in [0.25, 0.3) is 0 Å². The third kappa shape index (κ3) is 4.61. The van der Waals surface area contributed by atoms with E-state index in [4.69, 9.17) is 9.84 Å². The fraction of sp³-hybridized carbons (Fsp3) is 0.917. The molecule has 1 aliphatic rings.